The third kappa shape index (κ3) is 3.33. The van der Waals surface area contributed by atoms with Gasteiger partial charge >= 0.3 is 0 Å². The third-order valence-electron chi connectivity index (χ3n) is 4.06. The summed E-state index contributed by atoms with van der Waals surface area (Å²) < 4.78 is 0. The highest BCUT2D eigenvalue weighted by Gasteiger charge is 2.19. The lowest BCUT2D eigenvalue weighted by molar-refractivity contribution is 0.238. The molecule has 1 fully saturated rings. The topological polar surface area (TPSA) is 15.3 Å². The highest BCUT2D eigenvalue weighted by molar-refractivity contribution is 5.30. The van der Waals surface area contributed by atoms with E-state index in [1.54, 1.807) is 0 Å². The molecule has 18 heavy (non-hydrogen) atoms. The van der Waals surface area contributed by atoms with Crippen LogP contribution in [0.3, 0.4) is 0 Å². The largest absolute Gasteiger partial charge is 0.313 e. The van der Waals surface area contributed by atoms with Gasteiger partial charge in [-0.15, -0.1) is 0 Å². The van der Waals surface area contributed by atoms with Crippen molar-refractivity contribution < 1.29 is 0 Å². The predicted octanol–water partition coefficient (Wildman–Crippen LogP) is 3.05. The number of rotatable bonds is 4. The minimum atomic E-state index is 0.492. The summed E-state index contributed by atoms with van der Waals surface area (Å²) >= 11 is 0. The van der Waals surface area contributed by atoms with E-state index in [4.69, 9.17) is 0 Å². The van der Waals surface area contributed by atoms with Crippen molar-refractivity contribution in [3.8, 4) is 0 Å². The van der Waals surface area contributed by atoms with Gasteiger partial charge in [0.2, 0.25) is 0 Å². The minimum Gasteiger partial charge on any atom is -0.313 e. The van der Waals surface area contributed by atoms with Crippen LogP contribution in [0, 0.1) is 13.8 Å². The number of hydrogen-bond donors (Lipinski definition) is 1. The lowest BCUT2D eigenvalue weighted by Gasteiger charge is -2.28. The maximum absolute atomic E-state index is 3.57. The van der Waals surface area contributed by atoms with E-state index in [1.807, 2.05) is 0 Å². The molecule has 0 spiro atoms. The summed E-state index contributed by atoms with van der Waals surface area (Å²) in [6.07, 6.45) is 2.65. The van der Waals surface area contributed by atoms with Crippen LogP contribution in [0.1, 0.15) is 42.5 Å². The molecular formula is C16H26N2. The molecule has 2 unspecified atom stereocenters. The Morgan fingerprint density at radius 1 is 1.28 bits per heavy atom. The molecule has 0 bridgehead atoms. The van der Waals surface area contributed by atoms with Gasteiger partial charge in [-0.25, -0.2) is 0 Å². The highest BCUT2D eigenvalue weighted by atomic mass is 15.2. The summed E-state index contributed by atoms with van der Waals surface area (Å²) in [7, 11) is 2.24. The van der Waals surface area contributed by atoms with Crippen LogP contribution in [-0.4, -0.2) is 31.1 Å². The Bertz CT molecular complexity index is 374. The van der Waals surface area contributed by atoms with Crippen LogP contribution in [0.25, 0.3) is 0 Å². The number of likely N-dealkylation sites (N-methyl/N-ethyl adjacent to an activating group) is 1. The lowest BCUT2D eigenvalue weighted by atomic mass is 10.0. The molecule has 100 valence electrons. The minimum absolute atomic E-state index is 0.492. The van der Waals surface area contributed by atoms with E-state index in [0.29, 0.717) is 12.1 Å². The van der Waals surface area contributed by atoms with Crippen LogP contribution in [0.15, 0.2) is 18.2 Å². The Morgan fingerprint density at radius 2 is 1.94 bits per heavy atom. The normalized spacial score (nSPS) is 21.5. The average molecular weight is 246 g/mol. The zero-order chi connectivity index (χ0) is 13.1. The third-order valence-corrected chi connectivity index (χ3v) is 4.06. The van der Waals surface area contributed by atoms with Crippen molar-refractivity contribution in [1.29, 1.82) is 0 Å². The summed E-state index contributed by atoms with van der Waals surface area (Å²) in [5.74, 6) is 0. The standard InChI is InChI=1S/C16H26N2/c1-12-8-13(2)10-15(9-12)14(3)18(4)11-16-6-5-7-17-16/h8-10,14,16-17H,5-7,11H2,1-4H3. The van der Waals surface area contributed by atoms with Crippen molar-refractivity contribution in [3.63, 3.8) is 0 Å². The van der Waals surface area contributed by atoms with Crippen LogP contribution in [-0.2, 0) is 0 Å². The quantitative estimate of drug-likeness (QED) is 0.878. The van der Waals surface area contributed by atoms with Crippen molar-refractivity contribution in [3.05, 3.63) is 34.9 Å². The van der Waals surface area contributed by atoms with E-state index in [2.05, 4.69) is 56.2 Å². The number of aryl methyl sites for hydroxylation is 2. The smallest absolute Gasteiger partial charge is 0.0317 e. The molecule has 0 aliphatic carbocycles. The fourth-order valence-electron chi connectivity index (χ4n) is 2.92. The SMILES string of the molecule is Cc1cc(C)cc(C(C)N(C)CC2CCCN2)c1. The Kier molecular flexibility index (Phi) is 4.41. The zero-order valence-electron chi connectivity index (χ0n) is 12.2. The zero-order valence-corrected chi connectivity index (χ0v) is 12.2. The lowest BCUT2D eigenvalue weighted by Crippen LogP contribution is -2.36. The van der Waals surface area contributed by atoms with Gasteiger partial charge in [0.15, 0.2) is 0 Å². The maximum Gasteiger partial charge on any atom is 0.0317 e. The fourth-order valence-corrected chi connectivity index (χ4v) is 2.92. The molecule has 0 radical (unpaired) electrons. The Labute approximate surface area is 111 Å². The maximum atomic E-state index is 3.57. The van der Waals surface area contributed by atoms with Gasteiger partial charge in [-0.05, 0) is 52.8 Å². The van der Waals surface area contributed by atoms with Gasteiger partial charge in [-0.3, -0.25) is 4.90 Å². The van der Waals surface area contributed by atoms with Gasteiger partial charge in [0, 0.05) is 18.6 Å². The first-order chi connectivity index (χ1) is 8.56. The monoisotopic (exact) mass is 246 g/mol. The summed E-state index contributed by atoms with van der Waals surface area (Å²) in [6, 6.07) is 8.05. The number of hydrogen-bond acceptors (Lipinski definition) is 2. The molecule has 2 rings (SSSR count). The molecule has 0 aromatic heterocycles. The van der Waals surface area contributed by atoms with Crippen molar-refractivity contribution in [2.24, 2.45) is 0 Å². The molecule has 0 amide bonds. The van der Waals surface area contributed by atoms with Crippen LogP contribution in [0.2, 0.25) is 0 Å². The molecule has 1 saturated heterocycles. The second kappa shape index (κ2) is 5.85. The summed E-state index contributed by atoms with van der Waals surface area (Å²) in [5, 5.41) is 3.57. The van der Waals surface area contributed by atoms with Gasteiger partial charge in [0.25, 0.3) is 0 Å². The Balaban J connectivity index is 2.02. The van der Waals surface area contributed by atoms with Gasteiger partial charge in [-0.2, -0.15) is 0 Å². The molecule has 1 aliphatic rings. The Morgan fingerprint density at radius 3 is 2.50 bits per heavy atom. The molecule has 2 atom stereocenters. The van der Waals surface area contributed by atoms with E-state index in [-0.39, 0.29) is 0 Å². The number of benzene rings is 1. The first kappa shape index (κ1) is 13.6. The van der Waals surface area contributed by atoms with E-state index in [9.17, 15) is 0 Å². The van der Waals surface area contributed by atoms with Gasteiger partial charge in [-0.1, -0.05) is 29.3 Å². The van der Waals surface area contributed by atoms with Crippen LogP contribution >= 0.6 is 0 Å². The second-order valence-corrected chi connectivity index (χ2v) is 5.83. The second-order valence-electron chi connectivity index (χ2n) is 5.83. The molecule has 2 heteroatoms. The van der Waals surface area contributed by atoms with Gasteiger partial charge < -0.3 is 5.32 Å². The fraction of sp³-hybridized carbons (Fsp3) is 0.625. The van der Waals surface area contributed by atoms with E-state index >= 15 is 0 Å². The molecule has 1 N–H and O–H groups in total. The molecule has 0 saturated carbocycles. The van der Waals surface area contributed by atoms with Gasteiger partial charge in [0.05, 0.1) is 0 Å². The van der Waals surface area contributed by atoms with Crippen LogP contribution < -0.4 is 5.32 Å². The highest BCUT2D eigenvalue weighted by Crippen LogP contribution is 2.22. The van der Waals surface area contributed by atoms with E-state index in [1.165, 1.54) is 36.1 Å². The van der Waals surface area contributed by atoms with E-state index < -0.39 is 0 Å². The molecule has 1 aliphatic heterocycles. The van der Waals surface area contributed by atoms with Crippen molar-refractivity contribution in [2.75, 3.05) is 20.1 Å². The summed E-state index contributed by atoms with van der Waals surface area (Å²) in [4.78, 5) is 2.47. The van der Waals surface area contributed by atoms with Crippen molar-refractivity contribution in [1.82, 2.24) is 10.2 Å². The molecule has 1 aromatic rings. The predicted molar refractivity (Wildman–Crippen MR) is 78.0 cm³/mol. The van der Waals surface area contributed by atoms with Crippen LogP contribution in [0.5, 0.6) is 0 Å². The molecular weight excluding hydrogens is 220 g/mol. The van der Waals surface area contributed by atoms with E-state index in [0.717, 1.165) is 6.54 Å². The molecule has 2 nitrogen and oxygen atoms in total. The van der Waals surface area contributed by atoms with Crippen molar-refractivity contribution >= 4 is 0 Å². The first-order valence-electron chi connectivity index (χ1n) is 7.08. The first-order valence-corrected chi connectivity index (χ1v) is 7.08. The Hall–Kier alpha value is -0.860. The average Bonchev–Trinajstić information content (AvgIpc) is 2.79. The number of nitrogens with zero attached hydrogens (tertiary/aromatic N) is 1. The van der Waals surface area contributed by atoms with Crippen molar-refractivity contribution in [2.45, 2.75) is 45.7 Å². The number of nitrogens with one attached hydrogen (secondary N) is 1. The van der Waals surface area contributed by atoms with Crippen LogP contribution in [0.4, 0.5) is 0 Å². The van der Waals surface area contributed by atoms with Gasteiger partial charge in [0.1, 0.15) is 0 Å². The summed E-state index contributed by atoms with van der Waals surface area (Å²) in [5.41, 5.74) is 4.17. The summed E-state index contributed by atoms with van der Waals surface area (Å²) in [6.45, 7) is 9.01. The molecule has 1 heterocycles. The molecule has 1 aromatic carbocycles.